The Morgan fingerprint density at radius 1 is 1.50 bits per heavy atom. The van der Waals surface area contributed by atoms with Crippen LogP contribution in [0.4, 0.5) is 0 Å². The molecule has 0 spiro atoms. The Morgan fingerprint density at radius 2 is 2.14 bits per heavy atom. The standard InChI is InChI=1S/C9H15NO4/c1-3-7-4-14-5-8(9(12)13)10(7)6(2)11/h7-8H,3-5H2,1-2H3,(H,12,13)/t7-,8-/m0/s1. The molecular formula is C9H15NO4. The van der Waals surface area contributed by atoms with Gasteiger partial charge in [0.25, 0.3) is 0 Å². The summed E-state index contributed by atoms with van der Waals surface area (Å²) < 4.78 is 5.15. The van der Waals surface area contributed by atoms with Crippen molar-refractivity contribution in [2.24, 2.45) is 0 Å². The van der Waals surface area contributed by atoms with Gasteiger partial charge in [0.05, 0.1) is 19.3 Å². The summed E-state index contributed by atoms with van der Waals surface area (Å²) in [6.07, 6.45) is 0.712. The Labute approximate surface area is 82.6 Å². The van der Waals surface area contributed by atoms with E-state index in [1.54, 1.807) is 0 Å². The van der Waals surface area contributed by atoms with Crippen molar-refractivity contribution in [2.75, 3.05) is 13.2 Å². The number of hydrogen-bond donors (Lipinski definition) is 1. The van der Waals surface area contributed by atoms with Gasteiger partial charge < -0.3 is 14.7 Å². The molecule has 0 aromatic carbocycles. The van der Waals surface area contributed by atoms with Crippen molar-refractivity contribution >= 4 is 11.9 Å². The molecule has 2 atom stereocenters. The molecule has 1 saturated heterocycles. The van der Waals surface area contributed by atoms with E-state index in [4.69, 9.17) is 9.84 Å². The Morgan fingerprint density at radius 3 is 2.57 bits per heavy atom. The van der Waals surface area contributed by atoms with Crippen LogP contribution in [0.1, 0.15) is 20.3 Å². The third-order valence-electron chi connectivity index (χ3n) is 2.44. The molecule has 1 N–H and O–H groups in total. The SMILES string of the molecule is CC[C@H]1COC[C@@H](C(=O)O)N1C(C)=O. The Balaban J connectivity index is 2.83. The number of ether oxygens (including phenoxy) is 1. The fourth-order valence-corrected chi connectivity index (χ4v) is 1.71. The number of amides is 1. The van der Waals surface area contributed by atoms with Crippen molar-refractivity contribution in [2.45, 2.75) is 32.4 Å². The van der Waals surface area contributed by atoms with E-state index in [1.807, 2.05) is 6.92 Å². The first-order valence-electron chi connectivity index (χ1n) is 4.67. The van der Waals surface area contributed by atoms with Gasteiger partial charge in [0, 0.05) is 6.92 Å². The highest BCUT2D eigenvalue weighted by atomic mass is 16.5. The molecule has 1 amide bonds. The maximum absolute atomic E-state index is 11.3. The molecule has 0 aliphatic carbocycles. The van der Waals surface area contributed by atoms with Crippen LogP contribution in [-0.2, 0) is 14.3 Å². The number of carbonyl (C=O) groups excluding carboxylic acids is 1. The van der Waals surface area contributed by atoms with Crippen LogP contribution in [0.25, 0.3) is 0 Å². The van der Waals surface area contributed by atoms with Crippen LogP contribution in [0.3, 0.4) is 0 Å². The minimum absolute atomic E-state index is 0.0887. The van der Waals surface area contributed by atoms with E-state index in [9.17, 15) is 9.59 Å². The largest absolute Gasteiger partial charge is 0.480 e. The number of nitrogens with zero attached hydrogens (tertiary/aromatic N) is 1. The topological polar surface area (TPSA) is 66.8 Å². The lowest BCUT2D eigenvalue weighted by Gasteiger charge is -2.38. The lowest BCUT2D eigenvalue weighted by atomic mass is 10.1. The molecule has 1 heterocycles. The van der Waals surface area contributed by atoms with Crippen molar-refractivity contribution < 1.29 is 19.4 Å². The summed E-state index contributed by atoms with van der Waals surface area (Å²) in [6, 6.07) is -0.937. The van der Waals surface area contributed by atoms with Gasteiger partial charge >= 0.3 is 5.97 Å². The zero-order chi connectivity index (χ0) is 10.7. The predicted octanol–water partition coefficient (Wildman–Crippen LogP) is 0.0969. The van der Waals surface area contributed by atoms with Gasteiger partial charge in [0.15, 0.2) is 6.04 Å². The van der Waals surface area contributed by atoms with Crippen molar-refractivity contribution in [3.63, 3.8) is 0 Å². The number of carbonyl (C=O) groups is 2. The molecule has 1 aliphatic rings. The van der Waals surface area contributed by atoms with Crippen LogP contribution in [0.5, 0.6) is 0 Å². The normalized spacial score (nSPS) is 27.4. The molecule has 1 rings (SSSR count). The first kappa shape index (κ1) is 11.0. The second-order valence-corrected chi connectivity index (χ2v) is 3.38. The summed E-state index contributed by atoms with van der Waals surface area (Å²) in [5, 5.41) is 8.90. The molecule has 80 valence electrons. The van der Waals surface area contributed by atoms with Gasteiger partial charge in [-0.3, -0.25) is 4.79 Å². The second kappa shape index (κ2) is 4.41. The zero-order valence-electron chi connectivity index (χ0n) is 8.40. The molecule has 0 saturated carbocycles. The zero-order valence-corrected chi connectivity index (χ0v) is 8.40. The first-order chi connectivity index (χ1) is 6.57. The lowest BCUT2D eigenvalue weighted by Crippen LogP contribution is -2.57. The number of morpholine rings is 1. The molecule has 5 nitrogen and oxygen atoms in total. The first-order valence-corrected chi connectivity index (χ1v) is 4.67. The lowest BCUT2D eigenvalue weighted by molar-refractivity contribution is -0.162. The van der Waals surface area contributed by atoms with E-state index in [0.29, 0.717) is 13.0 Å². The number of carboxylic acid groups (broad SMARTS) is 1. The average Bonchev–Trinajstić information content (AvgIpc) is 2.16. The summed E-state index contributed by atoms with van der Waals surface area (Å²) in [5.41, 5.74) is 0. The number of hydrogen-bond acceptors (Lipinski definition) is 3. The molecule has 14 heavy (non-hydrogen) atoms. The number of rotatable bonds is 2. The van der Waals surface area contributed by atoms with Gasteiger partial charge in [-0.15, -0.1) is 0 Å². The van der Waals surface area contributed by atoms with Gasteiger partial charge in [0.1, 0.15) is 0 Å². The fourth-order valence-electron chi connectivity index (χ4n) is 1.71. The van der Waals surface area contributed by atoms with E-state index in [2.05, 4.69) is 0 Å². The Bertz CT molecular complexity index is 241. The monoisotopic (exact) mass is 201 g/mol. The highest BCUT2D eigenvalue weighted by molar-refractivity contribution is 5.82. The number of carboxylic acids is 1. The highest BCUT2D eigenvalue weighted by Crippen LogP contribution is 2.16. The maximum Gasteiger partial charge on any atom is 0.328 e. The second-order valence-electron chi connectivity index (χ2n) is 3.38. The Hall–Kier alpha value is -1.10. The average molecular weight is 201 g/mol. The molecule has 0 bridgehead atoms. The summed E-state index contributed by atoms with van der Waals surface area (Å²) in [4.78, 5) is 23.6. The van der Waals surface area contributed by atoms with E-state index >= 15 is 0 Å². The van der Waals surface area contributed by atoms with Crippen molar-refractivity contribution in [3.05, 3.63) is 0 Å². The fraction of sp³-hybridized carbons (Fsp3) is 0.778. The molecule has 1 fully saturated rings. The van der Waals surface area contributed by atoms with E-state index in [1.165, 1.54) is 11.8 Å². The third-order valence-corrected chi connectivity index (χ3v) is 2.44. The number of aliphatic carboxylic acids is 1. The molecular weight excluding hydrogens is 186 g/mol. The van der Waals surface area contributed by atoms with E-state index in [-0.39, 0.29) is 18.6 Å². The maximum atomic E-state index is 11.3. The predicted molar refractivity (Wildman–Crippen MR) is 48.8 cm³/mol. The third kappa shape index (κ3) is 2.04. The van der Waals surface area contributed by atoms with Crippen LogP contribution in [-0.4, -0.2) is 47.2 Å². The Kier molecular flexibility index (Phi) is 3.46. The van der Waals surface area contributed by atoms with Gasteiger partial charge in [0.2, 0.25) is 5.91 Å². The van der Waals surface area contributed by atoms with Gasteiger partial charge in [-0.2, -0.15) is 0 Å². The van der Waals surface area contributed by atoms with Crippen LogP contribution < -0.4 is 0 Å². The molecule has 1 aliphatic heterocycles. The molecule has 0 aromatic rings. The minimum atomic E-state index is -1.00. The smallest absolute Gasteiger partial charge is 0.328 e. The summed E-state index contributed by atoms with van der Waals surface area (Å²) >= 11 is 0. The highest BCUT2D eigenvalue weighted by Gasteiger charge is 2.36. The van der Waals surface area contributed by atoms with Gasteiger partial charge in [-0.1, -0.05) is 6.92 Å². The van der Waals surface area contributed by atoms with Gasteiger partial charge in [-0.25, -0.2) is 4.79 Å². The van der Waals surface area contributed by atoms with Crippen LogP contribution in [0.15, 0.2) is 0 Å². The van der Waals surface area contributed by atoms with E-state index < -0.39 is 12.0 Å². The molecule has 0 aromatic heterocycles. The summed E-state index contributed by atoms with van der Waals surface area (Å²) in [5.74, 6) is -1.20. The minimum Gasteiger partial charge on any atom is -0.480 e. The molecule has 0 radical (unpaired) electrons. The van der Waals surface area contributed by atoms with Gasteiger partial charge in [-0.05, 0) is 6.42 Å². The quantitative estimate of drug-likeness (QED) is 0.688. The summed E-state index contributed by atoms with van der Waals surface area (Å²) in [6.45, 7) is 3.82. The van der Waals surface area contributed by atoms with Crippen LogP contribution >= 0.6 is 0 Å². The van der Waals surface area contributed by atoms with Crippen molar-refractivity contribution in [3.8, 4) is 0 Å². The van der Waals surface area contributed by atoms with Crippen LogP contribution in [0, 0.1) is 0 Å². The molecule has 5 heteroatoms. The van der Waals surface area contributed by atoms with Crippen LogP contribution in [0.2, 0.25) is 0 Å². The summed E-state index contributed by atoms with van der Waals surface area (Å²) in [7, 11) is 0. The van der Waals surface area contributed by atoms with Crippen molar-refractivity contribution in [1.29, 1.82) is 0 Å². The van der Waals surface area contributed by atoms with Crippen molar-refractivity contribution in [1.82, 2.24) is 4.90 Å². The van der Waals surface area contributed by atoms with E-state index in [0.717, 1.165) is 0 Å². The molecule has 0 unspecified atom stereocenters.